The molecule has 4 aromatic rings. The molecule has 0 fully saturated rings. The van der Waals surface area contributed by atoms with Gasteiger partial charge in [0.2, 0.25) is 0 Å². The normalized spacial score (nSPS) is 11.5. The summed E-state index contributed by atoms with van der Waals surface area (Å²) in [5, 5.41) is 2.52. The number of hydrogen-bond donors (Lipinski definition) is 2. The minimum absolute atomic E-state index is 0.0233. The molecular weight excluding hydrogens is 482 g/mol. The van der Waals surface area contributed by atoms with Crippen molar-refractivity contribution >= 4 is 54.8 Å². The maximum atomic E-state index is 13.8. The summed E-state index contributed by atoms with van der Waals surface area (Å²) in [7, 11) is -4.23. The van der Waals surface area contributed by atoms with E-state index in [1.54, 1.807) is 6.07 Å². The Balaban J connectivity index is 1.63. The first-order valence-electron chi connectivity index (χ1n) is 8.99. The Labute approximate surface area is 190 Å². The molecule has 0 saturated carbocycles. The number of hydrogen-bond acceptors (Lipinski definition) is 6. The fourth-order valence-electron chi connectivity index (χ4n) is 2.92. The molecule has 0 atom stereocenters. The smallest absolute Gasteiger partial charge is 0.280 e. The van der Waals surface area contributed by atoms with E-state index in [4.69, 9.17) is 11.6 Å². The molecular formula is C20H13ClF2N4O3S2. The average Bonchev–Trinajstić information content (AvgIpc) is 3.23. The molecule has 0 radical (unpaired) electrons. The van der Waals surface area contributed by atoms with Crippen molar-refractivity contribution in [3.63, 3.8) is 0 Å². The van der Waals surface area contributed by atoms with Crippen molar-refractivity contribution in [2.24, 2.45) is 0 Å². The Morgan fingerprint density at radius 1 is 1.16 bits per heavy atom. The highest BCUT2D eigenvalue weighted by Gasteiger charge is 2.24. The highest BCUT2D eigenvalue weighted by molar-refractivity contribution is 7.92. The lowest BCUT2D eigenvalue weighted by molar-refractivity contribution is 0.0951. The van der Waals surface area contributed by atoms with Gasteiger partial charge in [0.25, 0.3) is 15.9 Å². The monoisotopic (exact) mass is 494 g/mol. The zero-order valence-electron chi connectivity index (χ0n) is 16.0. The van der Waals surface area contributed by atoms with Gasteiger partial charge < -0.3 is 5.32 Å². The van der Waals surface area contributed by atoms with Crippen LogP contribution < -0.4 is 10.0 Å². The number of aromatic nitrogens is 2. The maximum absolute atomic E-state index is 13.8. The topological polar surface area (TPSA) is 101 Å². The number of sulfonamides is 1. The maximum Gasteiger partial charge on any atom is 0.280 e. The Morgan fingerprint density at radius 2 is 1.97 bits per heavy atom. The van der Waals surface area contributed by atoms with Crippen molar-refractivity contribution in [2.45, 2.75) is 11.6 Å². The number of nitrogens with one attached hydrogen (secondary N) is 2. The predicted molar refractivity (Wildman–Crippen MR) is 117 cm³/mol. The molecule has 7 nitrogen and oxygen atoms in total. The number of rotatable bonds is 6. The quantitative estimate of drug-likeness (QED) is 0.415. The molecule has 2 N–H and O–H groups in total. The second-order valence-electron chi connectivity index (χ2n) is 6.54. The number of carbonyl (C=O) groups is 1. The molecule has 1 amide bonds. The van der Waals surface area contributed by atoms with E-state index in [0.717, 1.165) is 17.6 Å². The van der Waals surface area contributed by atoms with Gasteiger partial charge >= 0.3 is 0 Å². The summed E-state index contributed by atoms with van der Waals surface area (Å²) in [6.07, 6.45) is 2.73. The first kappa shape index (κ1) is 22.1. The third-order valence-corrected chi connectivity index (χ3v) is 6.84. The lowest BCUT2D eigenvalue weighted by Crippen LogP contribution is -2.25. The molecule has 0 spiro atoms. The fourth-order valence-corrected chi connectivity index (χ4v) is 5.14. The van der Waals surface area contributed by atoms with Crippen molar-refractivity contribution in [3.05, 3.63) is 82.6 Å². The van der Waals surface area contributed by atoms with Gasteiger partial charge in [-0.1, -0.05) is 23.7 Å². The van der Waals surface area contributed by atoms with Crippen LogP contribution in [-0.2, 0) is 16.6 Å². The van der Waals surface area contributed by atoms with Crippen LogP contribution >= 0.6 is 23.1 Å². The summed E-state index contributed by atoms with van der Waals surface area (Å²) in [6, 6.07) is 8.85. The summed E-state index contributed by atoms with van der Waals surface area (Å²) < 4.78 is 59.9. The Hall–Kier alpha value is -3.15. The van der Waals surface area contributed by atoms with Crippen LogP contribution in [0.25, 0.3) is 10.1 Å². The molecule has 0 saturated heterocycles. The number of anilines is 1. The molecule has 0 unspecified atom stereocenters. The van der Waals surface area contributed by atoms with Crippen molar-refractivity contribution in [3.8, 4) is 0 Å². The Bertz CT molecular complexity index is 1440. The number of nitrogens with zero attached hydrogens (tertiary/aromatic N) is 2. The summed E-state index contributed by atoms with van der Waals surface area (Å²) >= 11 is 7.30. The van der Waals surface area contributed by atoms with Crippen molar-refractivity contribution < 1.29 is 22.0 Å². The Kier molecular flexibility index (Phi) is 6.04. The molecule has 32 heavy (non-hydrogen) atoms. The predicted octanol–water partition coefficient (Wildman–Crippen LogP) is 4.35. The van der Waals surface area contributed by atoms with Crippen LogP contribution in [0.3, 0.4) is 0 Å². The van der Waals surface area contributed by atoms with Crippen molar-refractivity contribution in [2.75, 3.05) is 4.72 Å². The third-order valence-electron chi connectivity index (χ3n) is 4.45. The van der Waals surface area contributed by atoms with E-state index in [9.17, 15) is 22.0 Å². The molecule has 2 heterocycles. The molecule has 0 aliphatic rings. The van der Waals surface area contributed by atoms with Gasteiger partial charge in [-0.15, -0.1) is 0 Å². The van der Waals surface area contributed by atoms with E-state index in [-0.39, 0.29) is 33.4 Å². The van der Waals surface area contributed by atoms with Crippen molar-refractivity contribution in [1.82, 2.24) is 14.7 Å². The van der Waals surface area contributed by atoms with Gasteiger partial charge in [-0.05, 0) is 35.8 Å². The van der Waals surface area contributed by atoms with Crippen LogP contribution in [0.15, 0.2) is 59.9 Å². The highest BCUT2D eigenvalue weighted by Crippen LogP contribution is 2.30. The molecule has 0 bridgehead atoms. The summed E-state index contributed by atoms with van der Waals surface area (Å²) in [5.74, 6) is -2.27. The van der Waals surface area contributed by atoms with Gasteiger partial charge in [-0.2, -0.15) is 12.8 Å². The molecule has 2 aromatic carbocycles. The summed E-state index contributed by atoms with van der Waals surface area (Å²) in [4.78, 5) is 16.7. The lowest BCUT2D eigenvalue weighted by atomic mass is 10.1. The van der Waals surface area contributed by atoms with Gasteiger partial charge in [-0.25, -0.2) is 13.8 Å². The van der Waals surface area contributed by atoms with Gasteiger partial charge in [0.1, 0.15) is 11.6 Å². The van der Waals surface area contributed by atoms with E-state index < -0.39 is 27.6 Å². The second kappa shape index (κ2) is 8.77. The minimum atomic E-state index is -4.23. The number of amides is 1. The molecule has 12 heteroatoms. The zero-order valence-corrected chi connectivity index (χ0v) is 18.4. The molecule has 164 valence electrons. The molecule has 4 rings (SSSR count). The standard InChI is InChI=1S/C20H13ClF2N4O3S2/c21-15-3-1-2-13(19(28)25-9-11-4-5-12(22)8-16(11)23)18(15)27-32(29,30)20-14-10-26-31-17(14)6-7-24-20/h1-8,10,27H,9H2,(H,25,28). The van der Waals surface area contributed by atoms with Crippen LogP contribution in [0.4, 0.5) is 14.5 Å². The highest BCUT2D eigenvalue weighted by atomic mass is 35.5. The van der Waals surface area contributed by atoms with Crippen LogP contribution in [-0.4, -0.2) is 23.7 Å². The third kappa shape index (κ3) is 4.40. The van der Waals surface area contributed by atoms with Crippen LogP contribution in [0, 0.1) is 11.6 Å². The fraction of sp³-hybridized carbons (Fsp3) is 0.0500. The lowest BCUT2D eigenvalue weighted by Gasteiger charge is -2.14. The summed E-state index contributed by atoms with van der Waals surface area (Å²) in [5.41, 5.74) is -0.183. The molecule has 0 aliphatic carbocycles. The van der Waals surface area contributed by atoms with E-state index in [1.807, 2.05) is 0 Å². The number of carbonyl (C=O) groups excluding carboxylic acids is 1. The number of fused-ring (bicyclic) bond motifs is 1. The van der Waals surface area contributed by atoms with Crippen LogP contribution in [0.2, 0.25) is 5.02 Å². The van der Waals surface area contributed by atoms with Gasteiger partial charge in [0, 0.05) is 24.4 Å². The van der Waals surface area contributed by atoms with E-state index in [2.05, 4.69) is 19.4 Å². The van der Waals surface area contributed by atoms with Gasteiger partial charge in [-0.3, -0.25) is 9.52 Å². The number of para-hydroxylation sites is 1. The van der Waals surface area contributed by atoms with E-state index in [0.29, 0.717) is 16.2 Å². The van der Waals surface area contributed by atoms with Gasteiger partial charge in [0.05, 0.1) is 32.6 Å². The van der Waals surface area contributed by atoms with E-state index >= 15 is 0 Å². The van der Waals surface area contributed by atoms with Crippen LogP contribution in [0.5, 0.6) is 0 Å². The summed E-state index contributed by atoms with van der Waals surface area (Å²) in [6.45, 7) is -0.245. The Morgan fingerprint density at radius 3 is 2.75 bits per heavy atom. The zero-order chi connectivity index (χ0) is 22.9. The second-order valence-corrected chi connectivity index (χ2v) is 9.38. The largest absolute Gasteiger partial charge is 0.348 e. The average molecular weight is 495 g/mol. The number of pyridine rings is 1. The molecule has 2 aromatic heterocycles. The van der Waals surface area contributed by atoms with Crippen LogP contribution in [0.1, 0.15) is 15.9 Å². The van der Waals surface area contributed by atoms with E-state index in [1.165, 1.54) is 36.7 Å². The minimum Gasteiger partial charge on any atom is -0.348 e. The number of benzene rings is 2. The first-order chi connectivity index (χ1) is 15.3. The van der Waals surface area contributed by atoms with Crippen molar-refractivity contribution in [1.29, 1.82) is 0 Å². The molecule has 0 aliphatic heterocycles. The first-order valence-corrected chi connectivity index (χ1v) is 11.6. The van der Waals surface area contributed by atoms with Gasteiger partial charge in [0.15, 0.2) is 5.03 Å². The SMILES string of the molecule is O=C(NCc1ccc(F)cc1F)c1cccc(Cl)c1NS(=O)(=O)c1nccc2sncc12. The number of halogens is 3.